The van der Waals surface area contributed by atoms with Crippen LogP contribution in [0.1, 0.15) is 12.7 Å². The van der Waals surface area contributed by atoms with Crippen LogP contribution in [-0.4, -0.2) is 47.2 Å². The summed E-state index contributed by atoms with van der Waals surface area (Å²) in [6.45, 7) is 8.90. The van der Waals surface area contributed by atoms with Crippen LogP contribution in [0.4, 0.5) is 0 Å². The number of imidazole rings is 1. The van der Waals surface area contributed by atoms with Gasteiger partial charge in [0.2, 0.25) is 0 Å². The number of rotatable bonds is 4. The molecule has 1 aromatic carbocycles. The fourth-order valence-corrected chi connectivity index (χ4v) is 2.82. The first kappa shape index (κ1) is 12.6. The Bertz CT molecular complexity index is 540. The van der Waals surface area contributed by atoms with E-state index < -0.39 is 0 Å². The van der Waals surface area contributed by atoms with Gasteiger partial charge in [0, 0.05) is 45.7 Å². The Labute approximate surface area is 114 Å². The van der Waals surface area contributed by atoms with Crippen molar-refractivity contribution in [2.24, 2.45) is 0 Å². The van der Waals surface area contributed by atoms with E-state index in [1.807, 2.05) is 0 Å². The van der Waals surface area contributed by atoms with Crippen LogP contribution in [0.5, 0.6) is 0 Å². The molecule has 19 heavy (non-hydrogen) atoms. The fourth-order valence-electron chi connectivity index (χ4n) is 2.82. The molecule has 1 aliphatic heterocycles. The van der Waals surface area contributed by atoms with Gasteiger partial charge in [0.15, 0.2) is 0 Å². The molecule has 4 nitrogen and oxygen atoms in total. The van der Waals surface area contributed by atoms with Gasteiger partial charge in [0.05, 0.1) is 11.0 Å². The lowest BCUT2D eigenvalue weighted by atomic mass is 10.3. The predicted octanol–water partition coefficient (Wildman–Crippen LogP) is 1.50. The molecule has 1 N–H and O–H groups in total. The molecule has 0 spiro atoms. The Hall–Kier alpha value is -1.39. The van der Waals surface area contributed by atoms with Crippen LogP contribution in [-0.2, 0) is 13.0 Å². The number of aryl methyl sites for hydroxylation is 1. The third kappa shape index (κ3) is 2.65. The summed E-state index contributed by atoms with van der Waals surface area (Å²) < 4.78 is 2.39. The van der Waals surface area contributed by atoms with Gasteiger partial charge in [0.1, 0.15) is 5.82 Å². The van der Waals surface area contributed by atoms with Crippen molar-refractivity contribution in [1.29, 1.82) is 0 Å². The number of nitrogens with zero attached hydrogens (tertiary/aromatic N) is 3. The lowest BCUT2D eigenvalue weighted by Gasteiger charge is -2.27. The maximum Gasteiger partial charge on any atom is 0.109 e. The first-order valence-corrected chi connectivity index (χ1v) is 7.25. The van der Waals surface area contributed by atoms with Crippen molar-refractivity contribution in [2.45, 2.75) is 19.9 Å². The maximum absolute atomic E-state index is 4.73. The number of nitrogens with one attached hydrogen (secondary N) is 1. The molecule has 1 aliphatic rings. The lowest BCUT2D eigenvalue weighted by Crippen LogP contribution is -2.44. The Kier molecular flexibility index (Phi) is 3.80. The Balaban J connectivity index is 1.78. The highest BCUT2D eigenvalue weighted by Gasteiger charge is 2.12. The number of hydrogen-bond donors (Lipinski definition) is 1. The maximum atomic E-state index is 4.73. The second-order valence-corrected chi connectivity index (χ2v) is 5.11. The van der Waals surface area contributed by atoms with Crippen LogP contribution in [0, 0.1) is 0 Å². The van der Waals surface area contributed by atoms with Crippen LogP contribution in [0.2, 0.25) is 0 Å². The Morgan fingerprint density at radius 2 is 1.95 bits per heavy atom. The second kappa shape index (κ2) is 5.72. The number of piperazine rings is 1. The monoisotopic (exact) mass is 258 g/mol. The number of benzene rings is 1. The summed E-state index contributed by atoms with van der Waals surface area (Å²) in [7, 11) is 0. The van der Waals surface area contributed by atoms with E-state index in [2.05, 4.69) is 46.0 Å². The number of aromatic nitrogens is 2. The van der Waals surface area contributed by atoms with Crippen LogP contribution < -0.4 is 5.32 Å². The van der Waals surface area contributed by atoms with Gasteiger partial charge in [-0.25, -0.2) is 4.98 Å². The molecule has 1 aromatic heterocycles. The van der Waals surface area contributed by atoms with Crippen molar-refractivity contribution in [3.05, 3.63) is 30.1 Å². The molecular formula is C15H22N4. The smallest absolute Gasteiger partial charge is 0.109 e. The molecule has 0 atom stereocenters. The third-order valence-corrected chi connectivity index (χ3v) is 3.90. The zero-order valence-corrected chi connectivity index (χ0v) is 11.6. The van der Waals surface area contributed by atoms with Crippen LogP contribution in [0.3, 0.4) is 0 Å². The molecule has 0 unspecified atom stereocenters. The lowest BCUT2D eigenvalue weighted by molar-refractivity contribution is 0.232. The molecule has 0 amide bonds. The third-order valence-electron chi connectivity index (χ3n) is 3.90. The zero-order chi connectivity index (χ0) is 13.1. The molecule has 1 fully saturated rings. The largest absolute Gasteiger partial charge is 0.327 e. The van der Waals surface area contributed by atoms with Gasteiger partial charge in [-0.05, 0) is 12.1 Å². The molecule has 2 aromatic rings. The summed E-state index contributed by atoms with van der Waals surface area (Å²) in [5, 5.41) is 3.40. The summed E-state index contributed by atoms with van der Waals surface area (Å²) in [6.07, 6.45) is 0.996. The van der Waals surface area contributed by atoms with E-state index in [9.17, 15) is 0 Å². The predicted molar refractivity (Wildman–Crippen MR) is 78.4 cm³/mol. The Morgan fingerprint density at radius 3 is 2.74 bits per heavy atom. The van der Waals surface area contributed by atoms with Crippen molar-refractivity contribution in [2.75, 3.05) is 32.7 Å². The average molecular weight is 258 g/mol. The van der Waals surface area contributed by atoms with Crippen LogP contribution in [0.15, 0.2) is 24.3 Å². The molecular weight excluding hydrogens is 236 g/mol. The van der Waals surface area contributed by atoms with Crippen molar-refractivity contribution >= 4 is 11.0 Å². The zero-order valence-electron chi connectivity index (χ0n) is 11.6. The summed E-state index contributed by atoms with van der Waals surface area (Å²) >= 11 is 0. The summed E-state index contributed by atoms with van der Waals surface area (Å²) in [5.41, 5.74) is 2.40. The standard InChI is InChI=1S/C15H22N4/c1-2-15-17-13-5-3-4-6-14(13)19(15)12-11-18-9-7-16-8-10-18/h3-6,16H,2,7-12H2,1H3. The highest BCUT2D eigenvalue weighted by molar-refractivity contribution is 5.75. The van der Waals surface area contributed by atoms with Crippen molar-refractivity contribution in [3.8, 4) is 0 Å². The first-order chi connectivity index (χ1) is 9.38. The quantitative estimate of drug-likeness (QED) is 0.902. The molecule has 0 radical (unpaired) electrons. The van der Waals surface area contributed by atoms with Gasteiger partial charge in [-0.2, -0.15) is 0 Å². The van der Waals surface area contributed by atoms with E-state index in [-0.39, 0.29) is 0 Å². The number of para-hydroxylation sites is 2. The van der Waals surface area contributed by atoms with E-state index in [0.29, 0.717) is 0 Å². The minimum atomic E-state index is 0.996. The second-order valence-electron chi connectivity index (χ2n) is 5.11. The van der Waals surface area contributed by atoms with E-state index >= 15 is 0 Å². The summed E-state index contributed by atoms with van der Waals surface area (Å²) in [6, 6.07) is 8.45. The minimum Gasteiger partial charge on any atom is -0.327 e. The highest BCUT2D eigenvalue weighted by Crippen LogP contribution is 2.16. The summed E-state index contributed by atoms with van der Waals surface area (Å²) in [4.78, 5) is 7.26. The molecule has 0 aliphatic carbocycles. The van der Waals surface area contributed by atoms with E-state index in [1.165, 1.54) is 11.3 Å². The van der Waals surface area contributed by atoms with E-state index in [1.54, 1.807) is 0 Å². The number of fused-ring (bicyclic) bond motifs is 1. The van der Waals surface area contributed by atoms with Gasteiger partial charge in [0.25, 0.3) is 0 Å². The molecule has 4 heteroatoms. The molecule has 102 valence electrons. The van der Waals surface area contributed by atoms with Gasteiger partial charge in [-0.3, -0.25) is 4.90 Å². The van der Waals surface area contributed by atoms with Crippen molar-refractivity contribution in [3.63, 3.8) is 0 Å². The fraction of sp³-hybridized carbons (Fsp3) is 0.533. The normalized spacial score (nSPS) is 17.1. The molecule has 0 bridgehead atoms. The average Bonchev–Trinajstić information content (AvgIpc) is 2.84. The van der Waals surface area contributed by atoms with Gasteiger partial charge in [-0.15, -0.1) is 0 Å². The minimum absolute atomic E-state index is 0.996. The van der Waals surface area contributed by atoms with Gasteiger partial charge >= 0.3 is 0 Å². The number of hydrogen-bond acceptors (Lipinski definition) is 3. The van der Waals surface area contributed by atoms with E-state index in [0.717, 1.165) is 51.2 Å². The molecule has 3 rings (SSSR count). The Morgan fingerprint density at radius 1 is 1.16 bits per heavy atom. The topological polar surface area (TPSA) is 33.1 Å². The van der Waals surface area contributed by atoms with Crippen molar-refractivity contribution in [1.82, 2.24) is 19.8 Å². The van der Waals surface area contributed by atoms with Crippen LogP contribution >= 0.6 is 0 Å². The van der Waals surface area contributed by atoms with Crippen LogP contribution in [0.25, 0.3) is 11.0 Å². The highest BCUT2D eigenvalue weighted by atomic mass is 15.2. The van der Waals surface area contributed by atoms with Gasteiger partial charge in [-0.1, -0.05) is 19.1 Å². The molecule has 1 saturated heterocycles. The SMILES string of the molecule is CCc1nc2ccccc2n1CCN1CCNCC1. The first-order valence-electron chi connectivity index (χ1n) is 7.25. The molecule has 2 heterocycles. The van der Waals surface area contributed by atoms with E-state index in [4.69, 9.17) is 4.98 Å². The van der Waals surface area contributed by atoms with Gasteiger partial charge < -0.3 is 9.88 Å². The summed E-state index contributed by atoms with van der Waals surface area (Å²) in [5.74, 6) is 1.20. The van der Waals surface area contributed by atoms with Crippen molar-refractivity contribution < 1.29 is 0 Å². The molecule has 0 saturated carbocycles.